The van der Waals surface area contributed by atoms with Gasteiger partial charge in [0.25, 0.3) is 0 Å². The molecule has 1 aromatic carbocycles. The summed E-state index contributed by atoms with van der Waals surface area (Å²) >= 11 is 0. The first-order valence-electron chi connectivity index (χ1n) is 11.8. The molecule has 4 unspecified atom stereocenters. The molecule has 6 heteroatoms. The van der Waals surface area contributed by atoms with E-state index in [0.717, 1.165) is 51.6 Å². The maximum Gasteiger partial charge on any atom is 0.404 e. The largest absolute Gasteiger partial charge is 0.481 e. The fourth-order valence-corrected chi connectivity index (χ4v) is 7.46. The van der Waals surface area contributed by atoms with E-state index in [0.29, 0.717) is 5.92 Å². The van der Waals surface area contributed by atoms with Crippen LogP contribution in [0.1, 0.15) is 70.3 Å². The molecule has 1 saturated heterocycles. The van der Waals surface area contributed by atoms with Crippen LogP contribution in [0.3, 0.4) is 0 Å². The van der Waals surface area contributed by atoms with E-state index in [-0.39, 0.29) is 16.9 Å². The van der Waals surface area contributed by atoms with Crippen molar-refractivity contribution in [2.45, 2.75) is 76.2 Å². The van der Waals surface area contributed by atoms with Crippen molar-refractivity contribution in [1.82, 2.24) is 5.32 Å². The van der Waals surface area contributed by atoms with Crippen molar-refractivity contribution in [3.05, 3.63) is 35.9 Å². The van der Waals surface area contributed by atoms with Crippen molar-refractivity contribution < 1.29 is 19.4 Å². The molecule has 6 nitrogen and oxygen atoms in total. The summed E-state index contributed by atoms with van der Waals surface area (Å²) in [5.74, 6) is 0.0715. The summed E-state index contributed by atoms with van der Waals surface area (Å²) in [4.78, 5) is 22.3. The van der Waals surface area contributed by atoms with Gasteiger partial charge in [0.1, 0.15) is 6.10 Å². The number of nitrogens with one attached hydrogen (secondary N) is 1. The van der Waals surface area contributed by atoms with Crippen molar-refractivity contribution >= 4 is 12.1 Å². The minimum absolute atomic E-state index is 0.0405. The van der Waals surface area contributed by atoms with Crippen LogP contribution in [0.25, 0.3) is 0 Å². The molecule has 1 aliphatic heterocycles. The van der Waals surface area contributed by atoms with Crippen LogP contribution in [0.15, 0.2) is 30.3 Å². The normalized spacial score (nSPS) is 36.4. The predicted octanol–water partition coefficient (Wildman–Crippen LogP) is 4.22. The molecule has 4 N–H and O–H groups in total. The summed E-state index contributed by atoms with van der Waals surface area (Å²) in [5, 5.41) is 13.1. The van der Waals surface area contributed by atoms with E-state index in [1.54, 1.807) is 0 Å². The molecule has 0 spiro atoms. The molecule has 5 aliphatic rings. The third kappa shape index (κ3) is 4.32. The average molecular weight is 429 g/mol. The monoisotopic (exact) mass is 428 g/mol. The van der Waals surface area contributed by atoms with Crippen LogP contribution in [-0.2, 0) is 14.9 Å². The van der Waals surface area contributed by atoms with Gasteiger partial charge in [-0.15, -0.1) is 0 Å². The number of carbonyl (C=O) groups is 2. The molecule has 4 saturated carbocycles. The maximum absolute atomic E-state index is 12.1. The van der Waals surface area contributed by atoms with Gasteiger partial charge < -0.3 is 20.9 Å². The number of rotatable bonds is 4. The predicted molar refractivity (Wildman–Crippen MR) is 119 cm³/mol. The molecule has 5 fully saturated rings. The lowest BCUT2D eigenvalue weighted by Crippen LogP contribution is -2.60. The quantitative estimate of drug-likeness (QED) is 0.666. The smallest absolute Gasteiger partial charge is 0.404 e. The van der Waals surface area contributed by atoms with Crippen LogP contribution < -0.4 is 11.1 Å². The molecule has 31 heavy (non-hydrogen) atoms. The topological polar surface area (TPSA) is 102 Å². The highest BCUT2D eigenvalue weighted by molar-refractivity contribution is 5.76. The van der Waals surface area contributed by atoms with E-state index in [4.69, 9.17) is 10.5 Å². The molecule has 1 aromatic rings. The second-order valence-corrected chi connectivity index (χ2v) is 10.5. The lowest BCUT2D eigenvalue weighted by Gasteiger charge is -2.65. The van der Waals surface area contributed by atoms with Gasteiger partial charge in [-0.3, -0.25) is 4.79 Å². The highest BCUT2D eigenvalue weighted by Gasteiger charge is 2.65. The summed E-state index contributed by atoms with van der Waals surface area (Å²) in [6.45, 7) is 4.09. The minimum atomic E-state index is -0.660. The van der Waals surface area contributed by atoms with Gasteiger partial charge in [0.2, 0.25) is 0 Å². The first-order valence-corrected chi connectivity index (χ1v) is 11.8. The lowest BCUT2D eigenvalue weighted by atomic mass is 9.38. The van der Waals surface area contributed by atoms with Crippen LogP contribution in [-0.4, -0.2) is 36.4 Å². The second-order valence-electron chi connectivity index (χ2n) is 10.5. The van der Waals surface area contributed by atoms with Crippen LogP contribution in [0.5, 0.6) is 0 Å². The Balaban J connectivity index is 0.000000196. The summed E-state index contributed by atoms with van der Waals surface area (Å²) in [7, 11) is 0. The highest BCUT2D eigenvalue weighted by Crippen LogP contribution is 2.71. The van der Waals surface area contributed by atoms with Crippen LogP contribution in [0.4, 0.5) is 4.79 Å². The van der Waals surface area contributed by atoms with Crippen molar-refractivity contribution in [1.29, 1.82) is 0 Å². The Hall–Kier alpha value is -2.08. The number of benzene rings is 1. The summed E-state index contributed by atoms with van der Waals surface area (Å²) in [5.41, 5.74) is 6.17. The fourth-order valence-electron chi connectivity index (χ4n) is 7.46. The molecular formula is C25H36N2O4. The van der Waals surface area contributed by atoms with Gasteiger partial charge in [-0.05, 0) is 86.8 Å². The standard InChI is InChI=1S/C19H24O2.C6H12N2O2/c1-2-17-8-14-9-18(11-17,15-6-4-3-5-7-15)13-19(10-14,12-17)16(20)21;7-6(9)10-5-1-3-8-4-2-5/h3-7,14H,2,8-13H2,1H3,(H,20,21);5,8H,1-4H2,(H2,7,9). The molecule has 4 atom stereocenters. The maximum atomic E-state index is 12.1. The van der Waals surface area contributed by atoms with Gasteiger partial charge in [0.05, 0.1) is 5.41 Å². The van der Waals surface area contributed by atoms with Gasteiger partial charge in [0.15, 0.2) is 0 Å². The first kappa shape index (κ1) is 22.1. The number of nitrogens with two attached hydrogens (primary N) is 1. The van der Waals surface area contributed by atoms with E-state index in [1.165, 1.54) is 24.8 Å². The Kier molecular flexibility index (Phi) is 6.03. The Labute approximate surface area is 184 Å². The first-order chi connectivity index (χ1) is 14.8. The lowest BCUT2D eigenvalue weighted by molar-refractivity contribution is -0.179. The number of carboxylic acids is 1. The zero-order chi connectivity index (χ0) is 22.1. The number of carbonyl (C=O) groups excluding carboxylic acids is 1. The number of carboxylic acid groups (broad SMARTS) is 1. The van der Waals surface area contributed by atoms with E-state index >= 15 is 0 Å². The average Bonchev–Trinajstić information content (AvgIpc) is 2.74. The summed E-state index contributed by atoms with van der Waals surface area (Å²) < 4.78 is 4.79. The highest BCUT2D eigenvalue weighted by atomic mass is 16.6. The molecule has 170 valence electrons. The Morgan fingerprint density at radius 2 is 1.81 bits per heavy atom. The van der Waals surface area contributed by atoms with Gasteiger partial charge in [-0.1, -0.05) is 43.7 Å². The number of hydrogen-bond acceptors (Lipinski definition) is 4. The molecule has 4 aliphatic carbocycles. The second kappa shape index (κ2) is 8.45. The number of aliphatic carboxylic acids is 1. The number of primary amides is 1. The Morgan fingerprint density at radius 1 is 1.10 bits per heavy atom. The van der Waals surface area contributed by atoms with Crippen molar-refractivity contribution in [3.8, 4) is 0 Å². The van der Waals surface area contributed by atoms with Gasteiger partial charge in [-0.25, -0.2) is 4.79 Å². The third-order valence-corrected chi connectivity index (χ3v) is 8.34. The van der Waals surface area contributed by atoms with Gasteiger partial charge in [0, 0.05) is 0 Å². The van der Waals surface area contributed by atoms with E-state index in [2.05, 4.69) is 42.6 Å². The van der Waals surface area contributed by atoms with Crippen LogP contribution >= 0.6 is 0 Å². The Morgan fingerprint density at radius 3 is 2.42 bits per heavy atom. The van der Waals surface area contributed by atoms with Crippen molar-refractivity contribution in [2.75, 3.05) is 13.1 Å². The SMILES string of the molecule is CCC12CC3CC(C(=O)O)(C1)CC(c1ccccc1)(C3)C2.NC(=O)OC1CCNCC1. The number of amides is 1. The molecular weight excluding hydrogens is 392 g/mol. The van der Waals surface area contributed by atoms with E-state index < -0.39 is 17.5 Å². The molecule has 1 amide bonds. The zero-order valence-corrected chi connectivity index (χ0v) is 18.6. The van der Waals surface area contributed by atoms with Gasteiger partial charge >= 0.3 is 12.1 Å². The number of ether oxygens (including phenoxy) is 1. The van der Waals surface area contributed by atoms with E-state index in [9.17, 15) is 14.7 Å². The van der Waals surface area contributed by atoms with Crippen LogP contribution in [0, 0.1) is 16.7 Å². The minimum Gasteiger partial charge on any atom is -0.481 e. The van der Waals surface area contributed by atoms with E-state index in [1.807, 2.05) is 0 Å². The number of piperidine rings is 1. The molecule has 0 aromatic heterocycles. The van der Waals surface area contributed by atoms with Gasteiger partial charge in [-0.2, -0.15) is 0 Å². The summed E-state index contributed by atoms with van der Waals surface area (Å²) in [6.07, 6.45) is 8.62. The van der Waals surface area contributed by atoms with Crippen LogP contribution in [0.2, 0.25) is 0 Å². The Bertz CT molecular complexity index is 809. The molecule has 4 bridgehead atoms. The van der Waals surface area contributed by atoms with Crippen molar-refractivity contribution in [2.24, 2.45) is 22.5 Å². The molecule has 1 heterocycles. The number of hydrogen-bond donors (Lipinski definition) is 3. The fraction of sp³-hybridized carbons (Fsp3) is 0.680. The molecule has 0 radical (unpaired) electrons. The summed E-state index contributed by atoms with van der Waals surface area (Å²) in [6, 6.07) is 10.7. The molecule has 6 rings (SSSR count). The van der Waals surface area contributed by atoms with Crippen molar-refractivity contribution in [3.63, 3.8) is 0 Å². The zero-order valence-electron chi connectivity index (χ0n) is 18.6. The third-order valence-electron chi connectivity index (χ3n) is 8.34.